The van der Waals surface area contributed by atoms with Crippen molar-refractivity contribution in [1.29, 1.82) is 0 Å². The molecule has 0 radical (unpaired) electrons. The van der Waals surface area contributed by atoms with Gasteiger partial charge < -0.3 is 5.73 Å². The minimum Gasteiger partial charge on any atom is -0.397 e. The number of nitrogen functional groups attached to an aromatic ring is 1. The van der Waals surface area contributed by atoms with Gasteiger partial charge in [0.15, 0.2) is 5.82 Å². The Morgan fingerprint density at radius 2 is 2.00 bits per heavy atom. The van der Waals surface area contributed by atoms with Crippen LogP contribution in [0.4, 0.5) is 10.1 Å². The van der Waals surface area contributed by atoms with E-state index in [1.165, 1.54) is 31.4 Å². The fourth-order valence-electron chi connectivity index (χ4n) is 2.70. The Bertz CT molecular complexity index is 574. The minimum atomic E-state index is -0.353. The van der Waals surface area contributed by atoms with Gasteiger partial charge in [-0.3, -0.25) is 0 Å². The molecule has 2 N–H and O–H groups in total. The van der Waals surface area contributed by atoms with Gasteiger partial charge in [0.1, 0.15) is 5.82 Å². The molecule has 0 bridgehead atoms. The lowest BCUT2D eigenvalue weighted by molar-refractivity contribution is 0.422. The number of nitrogens with zero attached hydrogens (tertiary/aromatic N) is 4. The number of aromatic nitrogens is 4. The molecule has 0 saturated heterocycles. The highest BCUT2D eigenvalue weighted by molar-refractivity contribution is 5.57. The molecule has 0 amide bonds. The summed E-state index contributed by atoms with van der Waals surface area (Å²) in [6.07, 6.45) is 5.88. The Kier molecular flexibility index (Phi) is 3.15. The number of benzene rings is 1. The lowest BCUT2D eigenvalue weighted by Crippen LogP contribution is -2.13. The molecule has 1 saturated carbocycles. The third kappa shape index (κ3) is 2.30. The van der Waals surface area contributed by atoms with Gasteiger partial charge in [0, 0.05) is 5.92 Å². The number of tetrazole rings is 1. The Morgan fingerprint density at radius 1 is 1.21 bits per heavy atom. The maximum absolute atomic E-state index is 13.1. The molecule has 1 aliphatic rings. The quantitative estimate of drug-likeness (QED) is 0.843. The third-order valence-electron chi connectivity index (χ3n) is 3.68. The van der Waals surface area contributed by atoms with Crippen LogP contribution in [0.3, 0.4) is 0 Å². The first-order chi connectivity index (χ1) is 9.25. The third-order valence-corrected chi connectivity index (χ3v) is 3.68. The van der Waals surface area contributed by atoms with Gasteiger partial charge in [0.2, 0.25) is 0 Å². The van der Waals surface area contributed by atoms with Crippen molar-refractivity contribution in [2.75, 3.05) is 5.73 Å². The standard InChI is InChI=1S/C13H16FN5/c14-10-6-7-12(11(15)8-10)19-13(16-17-18-19)9-4-2-1-3-5-9/h6-9H,1-5,15H2. The molecular weight excluding hydrogens is 245 g/mol. The molecule has 0 spiro atoms. The van der Waals surface area contributed by atoms with E-state index in [1.807, 2.05) is 0 Å². The van der Waals surface area contributed by atoms with Crippen molar-refractivity contribution in [2.45, 2.75) is 38.0 Å². The van der Waals surface area contributed by atoms with Crippen LogP contribution in [0.5, 0.6) is 0 Å². The average molecular weight is 261 g/mol. The molecule has 0 unspecified atom stereocenters. The maximum atomic E-state index is 13.1. The van der Waals surface area contributed by atoms with Gasteiger partial charge in [0.25, 0.3) is 0 Å². The molecule has 1 aliphatic carbocycles. The predicted octanol–water partition coefficient (Wildman–Crippen LogP) is 2.43. The molecular formula is C13H16FN5. The molecule has 1 aromatic carbocycles. The first-order valence-electron chi connectivity index (χ1n) is 6.59. The SMILES string of the molecule is Nc1cc(F)ccc1-n1nnnc1C1CCCCC1. The lowest BCUT2D eigenvalue weighted by atomic mass is 9.88. The molecule has 19 heavy (non-hydrogen) atoms. The van der Waals surface area contributed by atoms with E-state index in [-0.39, 0.29) is 5.82 Å². The summed E-state index contributed by atoms with van der Waals surface area (Å²) in [5.74, 6) is 0.847. The molecule has 0 atom stereocenters. The number of rotatable bonds is 2. The fourth-order valence-corrected chi connectivity index (χ4v) is 2.70. The highest BCUT2D eigenvalue weighted by atomic mass is 19.1. The smallest absolute Gasteiger partial charge is 0.159 e. The van der Waals surface area contributed by atoms with Crippen LogP contribution < -0.4 is 5.73 Å². The number of hydrogen-bond donors (Lipinski definition) is 1. The largest absolute Gasteiger partial charge is 0.397 e. The molecule has 2 aromatic rings. The van der Waals surface area contributed by atoms with Gasteiger partial charge in [-0.15, -0.1) is 5.10 Å². The Balaban J connectivity index is 1.99. The van der Waals surface area contributed by atoms with Crippen LogP contribution in [0.25, 0.3) is 5.69 Å². The van der Waals surface area contributed by atoms with Crippen LogP contribution >= 0.6 is 0 Å². The zero-order valence-corrected chi connectivity index (χ0v) is 10.6. The molecule has 100 valence electrons. The second-order valence-corrected chi connectivity index (χ2v) is 4.99. The Morgan fingerprint density at radius 3 is 2.74 bits per heavy atom. The summed E-state index contributed by atoms with van der Waals surface area (Å²) < 4.78 is 14.7. The summed E-state index contributed by atoms with van der Waals surface area (Å²) in [5, 5.41) is 11.9. The summed E-state index contributed by atoms with van der Waals surface area (Å²) >= 11 is 0. The van der Waals surface area contributed by atoms with Gasteiger partial charge in [-0.25, -0.2) is 4.39 Å². The van der Waals surface area contributed by atoms with Crippen molar-refractivity contribution in [1.82, 2.24) is 20.2 Å². The van der Waals surface area contributed by atoms with Crippen molar-refractivity contribution < 1.29 is 4.39 Å². The zero-order chi connectivity index (χ0) is 13.2. The normalized spacial score (nSPS) is 16.7. The molecule has 6 heteroatoms. The van der Waals surface area contributed by atoms with Crippen LogP contribution in [0.2, 0.25) is 0 Å². The van der Waals surface area contributed by atoms with Crippen LogP contribution in [-0.2, 0) is 0 Å². The monoisotopic (exact) mass is 261 g/mol. The molecule has 1 aromatic heterocycles. The Hall–Kier alpha value is -1.98. The van der Waals surface area contributed by atoms with Gasteiger partial charge >= 0.3 is 0 Å². The minimum absolute atomic E-state index is 0.351. The summed E-state index contributed by atoms with van der Waals surface area (Å²) in [5.41, 5.74) is 6.85. The average Bonchev–Trinajstić information content (AvgIpc) is 2.89. The number of nitrogens with two attached hydrogens (primary N) is 1. The zero-order valence-electron chi connectivity index (χ0n) is 10.6. The molecule has 1 heterocycles. The number of hydrogen-bond acceptors (Lipinski definition) is 4. The second-order valence-electron chi connectivity index (χ2n) is 4.99. The molecule has 1 fully saturated rings. The fraction of sp³-hybridized carbons (Fsp3) is 0.462. The van der Waals surface area contributed by atoms with E-state index in [2.05, 4.69) is 15.5 Å². The van der Waals surface area contributed by atoms with Crippen molar-refractivity contribution in [3.63, 3.8) is 0 Å². The van der Waals surface area contributed by atoms with Crippen molar-refractivity contribution >= 4 is 5.69 Å². The van der Waals surface area contributed by atoms with Crippen LogP contribution in [0.1, 0.15) is 43.8 Å². The van der Waals surface area contributed by atoms with Crippen LogP contribution in [0, 0.1) is 5.82 Å². The van der Waals surface area contributed by atoms with Crippen molar-refractivity contribution in [3.8, 4) is 5.69 Å². The van der Waals surface area contributed by atoms with E-state index in [4.69, 9.17) is 5.73 Å². The van der Waals surface area contributed by atoms with Crippen molar-refractivity contribution in [2.24, 2.45) is 0 Å². The number of halogens is 1. The van der Waals surface area contributed by atoms with Gasteiger partial charge in [0.05, 0.1) is 11.4 Å². The lowest BCUT2D eigenvalue weighted by Gasteiger charge is -2.20. The van der Waals surface area contributed by atoms with Crippen LogP contribution in [-0.4, -0.2) is 20.2 Å². The van der Waals surface area contributed by atoms with Gasteiger partial charge in [-0.05, 0) is 41.5 Å². The second kappa shape index (κ2) is 4.95. The van der Waals surface area contributed by atoms with E-state index in [0.29, 0.717) is 17.3 Å². The van der Waals surface area contributed by atoms with Crippen LogP contribution in [0.15, 0.2) is 18.2 Å². The first-order valence-corrected chi connectivity index (χ1v) is 6.59. The topological polar surface area (TPSA) is 69.6 Å². The van der Waals surface area contributed by atoms with E-state index in [1.54, 1.807) is 10.7 Å². The molecule has 3 rings (SSSR count). The molecule has 0 aliphatic heterocycles. The van der Waals surface area contributed by atoms with Crippen molar-refractivity contribution in [3.05, 3.63) is 29.8 Å². The van der Waals surface area contributed by atoms with Gasteiger partial charge in [-0.1, -0.05) is 19.3 Å². The summed E-state index contributed by atoms with van der Waals surface area (Å²) in [7, 11) is 0. The maximum Gasteiger partial charge on any atom is 0.159 e. The van der Waals surface area contributed by atoms with Gasteiger partial charge in [-0.2, -0.15) is 4.68 Å². The van der Waals surface area contributed by atoms with E-state index >= 15 is 0 Å². The first kappa shape index (κ1) is 12.1. The molecule has 5 nitrogen and oxygen atoms in total. The predicted molar refractivity (Wildman–Crippen MR) is 69.4 cm³/mol. The number of anilines is 1. The summed E-state index contributed by atoms with van der Waals surface area (Å²) in [6.45, 7) is 0. The Labute approximate surface area is 110 Å². The van der Waals surface area contributed by atoms with E-state index < -0.39 is 0 Å². The highest BCUT2D eigenvalue weighted by Gasteiger charge is 2.23. The van der Waals surface area contributed by atoms with E-state index in [0.717, 1.165) is 18.7 Å². The van der Waals surface area contributed by atoms with E-state index in [9.17, 15) is 4.39 Å². The summed E-state index contributed by atoms with van der Waals surface area (Å²) in [6, 6.07) is 4.28. The highest BCUT2D eigenvalue weighted by Crippen LogP contribution is 2.32. The summed E-state index contributed by atoms with van der Waals surface area (Å²) in [4.78, 5) is 0.